The van der Waals surface area contributed by atoms with Crippen LogP contribution in [0.1, 0.15) is 21.8 Å². The fraction of sp³-hybridized carbons (Fsp3) is 0.0667. The second-order valence-corrected chi connectivity index (χ2v) is 5.44. The number of rotatable bonds is 3. The lowest BCUT2D eigenvalue weighted by Gasteiger charge is -2.11. The van der Waals surface area contributed by atoms with Crippen molar-refractivity contribution in [3.8, 4) is 6.07 Å². The highest BCUT2D eigenvalue weighted by Gasteiger charge is 2.27. The molecule has 0 aliphatic rings. The molecule has 0 spiro atoms. The summed E-state index contributed by atoms with van der Waals surface area (Å²) >= 11 is 17.4. The first-order valence-electron chi connectivity index (χ1n) is 5.78. The van der Waals surface area contributed by atoms with Gasteiger partial charge in [0.05, 0.1) is 16.7 Å². The first kappa shape index (κ1) is 15.8. The average molecular weight is 343 g/mol. The van der Waals surface area contributed by atoms with Gasteiger partial charge in [0.15, 0.2) is 11.6 Å². The number of hydrogen-bond donors (Lipinski definition) is 0. The van der Waals surface area contributed by atoms with Crippen LogP contribution in [-0.2, 0) is 0 Å². The van der Waals surface area contributed by atoms with E-state index in [0.717, 1.165) is 0 Å². The first-order chi connectivity index (χ1) is 9.95. The smallest absolute Gasteiger partial charge is 0.187 e. The monoisotopic (exact) mass is 341 g/mol. The number of nitrogens with zero attached hydrogens (tertiary/aromatic N) is 1. The van der Waals surface area contributed by atoms with E-state index in [1.165, 1.54) is 36.4 Å². The zero-order chi connectivity index (χ0) is 15.6. The lowest BCUT2D eigenvalue weighted by atomic mass is 9.91. The highest BCUT2D eigenvalue weighted by molar-refractivity contribution is 6.35. The van der Waals surface area contributed by atoms with Gasteiger partial charge in [-0.3, -0.25) is 4.79 Å². The minimum atomic E-state index is -1.23. The molecule has 0 aliphatic heterocycles. The SMILES string of the molecule is N#CC(C(=O)c1cccc(Cl)c1F)c1ccc(Cl)cc1Cl. The highest BCUT2D eigenvalue weighted by atomic mass is 35.5. The second kappa shape index (κ2) is 6.44. The number of carbonyl (C=O) groups excluding carboxylic acids is 1. The molecule has 21 heavy (non-hydrogen) atoms. The van der Waals surface area contributed by atoms with Crippen LogP contribution in [0.5, 0.6) is 0 Å². The fourth-order valence-electron chi connectivity index (χ4n) is 1.85. The van der Waals surface area contributed by atoms with Gasteiger partial charge in [-0.05, 0) is 29.8 Å². The molecule has 1 unspecified atom stereocenters. The van der Waals surface area contributed by atoms with Gasteiger partial charge in [-0.1, -0.05) is 46.9 Å². The van der Waals surface area contributed by atoms with Crippen LogP contribution in [0.2, 0.25) is 15.1 Å². The van der Waals surface area contributed by atoms with E-state index in [1.54, 1.807) is 0 Å². The summed E-state index contributed by atoms with van der Waals surface area (Å²) < 4.78 is 13.9. The number of ketones is 1. The van der Waals surface area contributed by atoms with Crippen LogP contribution in [0.4, 0.5) is 4.39 Å². The summed E-state index contributed by atoms with van der Waals surface area (Å²) in [6, 6.07) is 10.3. The van der Waals surface area contributed by atoms with Gasteiger partial charge in [-0.15, -0.1) is 0 Å². The quantitative estimate of drug-likeness (QED) is 0.712. The van der Waals surface area contributed by atoms with Crippen molar-refractivity contribution in [1.82, 2.24) is 0 Å². The Hall–Kier alpha value is -1.60. The minimum Gasteiger partial charge on any atom is -0.292 e. The number of nitriles is 1. The number of Topliss-reactive ketones (excluding diaryl/α,β-unsaturated/α-hetero) is 1. The van der Waals surface area contributed by atoms with Crippen molar-refractivity contribution in [2.75, 3.05) is 0 Å². The average Bonchev–Trinajstić information content (AvgIpc) is 2.44. The Morgan fingerprint density at radius 2 is 1.86 bits per heavy atom. The van der Waals surface area contributed by atoms with E-state index < -0.39 is 17.5 Å². The molecule has 0 amide bonds. The maximum absolute atomic E-state index is 13.9. The first-order valence-corrected chi connectivity index (χ1v) is 6.92. The van der Waals surface area contributed by atoms with Gasteiger partial charge in [0.1, 0.15) is 5.92 Å². The molecular weight excluding hydrogens is 336 g/mol. The van der Waals surface area contributed by atoms with Crippen molar-refractivity contribution < 1.29 is 9.18 Å². The largest absolute Gasteiger partial charge is 0.292 e. The summed E-state index contributed by atoms with van der Waals surface area (Å²) in [6.07, 6.45) is 0. The Balaban J connectivity index is 2.49. The summed E-state index contributed by atoms with van der Waals surface area (Å²) in [6.45, 7) is 0. The topological polar surface area (TPSA) is 40.9 Å². The molecule has 0 radical (unpaired) electrons. The third-order valence-electron chi connectivity index (χ3n) is 2.88. The maximum atomic E-state index is 13.9. The molecule has 0 aliphatic carbocycles. The summed E-state index contributed by atoms with van der Waals surface area (Å²) in [5.74, 6) is -2.79. The van der Waals surface area contributed by atoms with Crippen LogP contribution in [0, 0.1) is 17.1 Å². The number of hydrogen-bond acceptors (Lipinski definition) is 2. The van der Waals surface area contributed by atoms with Crippen LogP contribution in [0.15, 0.2) is 36.4 Å². The third kappa shape index (κ3) is 3.19. The standard InChI is InChI=1S/C15H7Cl3FNO/c16-8-4-5-9(13(18)6-8)11(7-20)15(21)10-2-1-3-12(17)14(10)19/h1-6,11H. The third-order valence-corrected chi connectivity index (χ3v) is 3.74. The fourth-order valence-corrected chi connectivity index (χ4v) is 2.55. The molecule has 0 saturated heterocycles. The molecule has 0 bridgehead atoms. The Morgan fingerprint density at radius 1 is 1.14 bits per heavy atom. The summed E-state index contributed by atoms with van der Waals surface area (Å²) in [4.78, 5) is 12.4. The zero-order valence-electron chi connectivity index (χ0n) is 10.4. The number of carbonyl (C=O) groups is 1. The molecule has 6 heteroatoms. The lowest BCUT2D eigenvalue weighted by Crippen LogP contribution is -2.13. The molecule has 0 N–H and O–H groups in total. The molecule has 106 valence electrons. The van der Waals surface area contributed by atoms with Crippen LogP contribution in [-0.4, -0.2) is 5.78 Å². The van der Waals surface area contributed by atoms with Gasteiger partial charge >= 0.3 is 0 Å². The van der Waals surface area contributed by atoms with E-state index >= 15 is 0 Å². The van der Waals surface area contributed by atoms with E-state index in [1.807, 2.05) is 6.07 Å². The summed E-state index contributed by atoms with van der Waals surface area (Å²) in [5.41, 5.74) is 0.0213. The van der Waals surface area contributed by atoms with Crippen molar-refractivity contribution in [2.45, 2.75) is 5.92 Å². The van der Waals surface area contributed by atoms with Crippen molar-refractivity contribution in [2.24, 2.45) is 0 Å². The van der Waals surface area contributed by atoms with Gasteiger partial charge in [-0.25, -0.2) is 4.39 Å². The predicted molar refractivity (Wildman–Crippen MR) is 80.6 cm³/mol. The zero-order valence-corrected chi connectivity index (χ0v) is 12.7. The molecule has 2 aromatic carbocycles. The number of halogens is 4. The van der Waals surface area contributed by atoms with Crippen molar-refractivity contribution in [3.63, 3.8) is 0 Å². The molecular formula is C15H7Cl3FNO. The van der Waals surface area contributed by atoms with Gasteiger partial charge in [0, 0.05) is 10.0 Å². The Morgan fingerprint density at radius 3 is 2.48 bits per heavy atom. The number of benzene rings is 2. The van der Waals surface area contributed by atoms with E-state index in [9.17, 15) is 14.4 Å². The van der Waals surface area contributed by atoms with Crippen LogP contribution >= 0.6 is 34.8 Å². The predicted octanol–water partition coefficient (Wildman–Crippen LogP) is 5.28. The van der Waals surface area contributed by atoms with E-state index in [4.69, 9.17) is 34.8 Å². The molecule has 0 heterocycles. The molecule has 1 atom stereocenters. The molecule has 0 aromatic heterocycles. The van der Waals surface area contributed by atoms with E-state index in [-0.39, 0.29) is 21.2 Å². The van der Waals surface area contributed by atoms with Gasteiger partial charge in [0.2, 0.25) is 0 Å². The van der Waals surface area contributed by atoms with Crippen LogP contribution in [0.25, 0.3) is 0 Å². The summed E-state index contributed by atoms with van der Waals surface area (Å²) in [5, 5.41) is 9.61. The Labute approximate surface area is 135 Å². The molecule has 2 aromatic rings. The van der Waals surface area contributed by atoms with Crippen molar-refractivity contribution in [3.05, 3.63) is 68.4 Å². The Bertz CT molecular complexity index is 755. The molecule has 2 rings (SSSR count). The molecule has 0 fully saturated rings. The summed E-state index contributed by atoms with van der Waals surface area (Å²) in [7, 11) is 0. The second-order valence-electron chi connectivity index (χ2n) is 4.19. The van der Waals surface area contributed by atoms with Gasteiger partial charge < -0.3 is 0 Å². The highest BCUT2D eigenvalue weighted by Crippen LogP contribution is 2.31. The van der Waals surface area contributed by atoms with Gasteiger partial charge in [-0.2, -0.15) is 5.26 Å². The van der Waals surface area contributed by atoms with Crippen molar-refractivity contribution >= 4 is 40.6 Å². The lowest BCUT2D eigenvalue weighted by molar-refractivity contribution is 0.0975. The van der Waals surface area contributed by atoms with E-state index in [0.29, 0.717) is 5.02 Å². The minimum absolute atomic E-state index is 0.171. The Kier molecular flexibility index (Phi) is 4.84. The maximum Gasteiger partial charge on any atom is 0.187 e. The van der Waals surface area contributed by atoms with Crippen LogP contribution < -0.4 is 0 Å². The van der Waals surface area contributed by atoms with Crippen LogP contribution in [0.3, 0.4) is 0 Å². The van der Waals surface area contributed by atoms with Gasteiger partial charge in [0.25, 0.3) is 0 Å². The van der Waals surface area contributed by atoms with Crippen molar-refractivity contribution in [1.29, 1.82) is 5.26 Å². The van der Waals surface area contributed by atoms with E-state index in [2.05, 4.69) is 0 Å². The molecule has 2 nitrogen and oxygen atoms in total. The normalized spacial score (nSPS) is 11.8. The molecule has 0 saturated carbocycles.